The molecule has 4 nitrogen and oxygen atoms in total. The Labute approximate surface area is 156 Å². The summed E-state index contributed by atoms with van der Waals surface area (Å²) < 4.78 is 0. The number of rotatable bonds is 3. The first kappa shape index (κ1) is 18.2. The van der Waals surface area contributed by atoms with Crippen LogP contribution in [0, 0.1) is 6.92 Å². The molecule has 0 bridgehead atoms. The summed E-state index contributed by atoms with van der Waals surface area (Å²) in [5.41, 5.74) is 1.86. The molecule has 1 saturated carbocycles. The molecule has 2 aliphatic rings. The normalized spacial score (nSPS) is 19.5. The smallest absolute Gasteiger partial charge is 0.251 e. The monoisotopic (exact) mass is 359 g/mol. The average molecular weight is 360 g/mol. The van der Waals surface area contributed by atoms with Gasteiger partial charge >= 0.3 is 0 Å². The lowest BCUT2D eigenvalue weighted by Crippen LogP contribution is -2.51. The van der Waals surface area contributed by atoms with Crippen molar-refractivity contribution in [1.29, 1.82) is 0 Å². The molecule has 0 spiro atoms. The number of benzene rings is 1. The quantitative estimate of drug-likeness (QED) is 0.812. The molecular weight excluding hydrogens is 330 g/mol. The number of nitrogens with one attached hydrogen (secondary N) is 2. The Bertz CT molecular complexity index is 605. The zero-order chi connectivity index (χ0) is 17.6. The third kappa shape index (κ3) is 5.18. The summed E-state index contributed by atoms with van der Waals surface area (Å²) in [6.45, 7) is 3.84. The summed E-state index contributed by atoms with van der Waals surface area (Å²) in [6.07, 6.45) is 8.36. The molecule has 1 aliphatic heterocycles. The van der Waals surface area contributed by atoms with Gasteiger partial charge in [0.15, 0.2) is 5.11 Å². The second kappa shape index (κ2) is 8.65. The van der Waals surface area contributed by atoms with Gasteiger partial charge in [-0.05, 0) is 57.0 Å². The Kier molecular flexibility index (Phi) is 6.29. The fourth-order valence-corrected chi connectivity index (χ4v) is 4.14. The maximum absolute atomic E-state index is 12.4. The molecule has 1 aromatic carbocycles. The summed E-state index contributed by atoms with van der Waals surface area (Å²) in [6, 6.07) is 8.55. The molecule has 0 unspecified atom stereocenters. The van der Waals surface area contributed by atoms with Gasteiger partial charge in [-0.3, -0.25) is 4.79 Å². The highest BCUT2D eigenvalue weighted by Gasteiger charge is 2.24. The minimum absolute atomic E-state index is 0.0325. The van der Waals surface area contributed by atoms with Gasteiger partial charge in [0, 0.05) is 30.7 Å². The zero-order valence-electron chi connectivity index (χ0n) is 15.1. The number of aryl methyl sites for hydroxylation is 1. The van der Waals surface area contributed by atoms with Gasteiger partial charge in [-0.25, -0.2) is 0 Å². The van der Waals surface area contributed by atoms with E-state index in [0.717, 1.165) is 42.2 Å². The van der Waals surface area contributed by atoms with Crippen LogP contribution in [0.1, 0.15) is 60.9 Å². The first-order chi connectivity index (χ1) is 12.1. The minimum atomic E-state index is 0.0325. The van der Waals surface area contributed by atoms with E-state index in [4.69, 9.17) is 12.2 Å². The third-order valence-corrected chi connectivity index (χ3v) is 5.71. The van der Waals surface area contributed by atoms with Gasteiger partial charge in [-0.2, -0.15) is 0 Å². The number of carbonyl (C=O) groups excluding carboxylic acids is 1. The molecule has 5 heteroatoms. The molecule has 0 radical (unpaired) electrons. The van der Waals surface area contributed by atoms with E-state index in [1.807, 2.05) is 31.2 Å². The molecule has 25 heavy (non-hydrogen) atoms. The van der Waals surface area contributed by atoms with E-state index in [1.54, 1.807) is 0 Å². The second-order valence-corrected chi connectivity index (χ2v) is 7.78. The molecular formula is C20H29N3OS. The second-order valence-electron chi connectivity index (χ2n) is 7.39. The number of nitrogens with zero attached hydrogens (tertiary/aromatic N) is 1. The van der Waals surface area contributed by atoms with Crippen molar-refractivity contribution in [3.05, 3.63) is 35.4 Å². The fraction of sp³-hybridized carbons (Fsp3) is 0.600. The van der Waals surface area contributed by atoms with Crippen LogP contribution < -0.4 is 10.6 Å². The summed E-state index contributed by atoms with van der Waals surface area (Å²) in [7, 11) is 0. The Morgan fingerprint density at radius 1 is 1.04 bits per heavy atom. The van der Waals surface area contributed by atoms with E-state index in [0.29, 0.717) is 6.04 Å². The Morgan fingerprint density at radius 2 is 1.72 bits per heavy atom. The Hall–Kier alpha value is -1.62. The number of thiocarbonyl (C=S) groups is 1. The van der Waals surface area contributed by atoms with Crippen LogP contribution in [0.25, 0.3) is 0 Å². The Balaban J connectivity index is 1.43. The van der Waals surface area contributed by atoms with Gasteiger partial charge in [0.25, 0.3) is 5.91 Å². The van der Waals surface area contributed by atoms with Crippen molar-refractivity contribution in [3.8, 4) is 0 Å². The number of amides is 1. The van der Waals surface area contributed by atoms with Gasteiger partial charge in [0.1, 0.15) is 0 Å². The van der Waals surface area contributed by atoms with Crippen LogP contribution in [-0.2, 0) is 0 Å². The summed E-state index contributed by atoms with van der Waals surface area (Å²) >= 11 is 5.60. The highest BCUT2D eigenvalue weighted by Crippen LogP contribution is 2.18. The lowest BCUT2D eigenvalue weighted by Gasteiger charge is -2.36. The van der Waals surface area contributed by atoms with E-state index >= 15 is 0 Å². The molecule has 0 atom stereocenters. The predicted octanol–water partition coefficient (Wildman–Crippen LogP) is 3.40. The van der Waals surface area contributed by atoms with Crippen LogP contribution in [0.5, 0.6) is 0 Å². The van der Waals surface area contributed by atoms with Crippen molar-refractivity contribution in [3.63, 3.8) is 0 Å². The highest BCUT2D eigenvalue weighted by atomic mass is 32.1. The van der Waals surface area contributed by atoms with E-state index in [9.17, 15) is 4.79 Å². The van der Waals surface area contributed by atoms with Crippen LogP contribution in [0.2, 0.25) is 0 Å². The van der Waals surface area contributed by atoms with Crippen molar-refractivity contribution in [2.45, 2.75) is 64.0 Å². The maximum atomic E-state index is 12.4. The Morgan fingerprint density at radius 3 is 2.40 bits per heavy atom. The van der Waals surface area contributed by atoms with Crippen molar-refractivity contribution in [1.82, 2.24) is 15.5 Å². The van der Waals surface area contributed by atoms with Crippen LogP contribution >= 0.6 is 12.2 Å². The zero-order valence-corrected chi connectivity index (χ0v) is 15.9. The molecule has 136 valence electrons. The van der Waals surface area contributed by atoms with E-state index < -0.39 is 0 Å². The van der Waals surface area contributed by atoms with Crippen LogP contribution in [0.15, 0.2) is 24.3 Å². The largest absolute Gasteiger partial charge is 0.360 e. The van der Waals surface area contributed by atoms with Gasteiger partial charge < -0.3 is 15.5 Å². The first-order valence-corrected chi connectivity index (χ1v) is 9.95. The van der Waals surface area contributed by atoms with E-state index in [-0.39, 0.29) is 11.9 Å². The first-order valence-electron chi connectivity index (χ1n) is 9.55. The molecule has 0 aromatic heterocycles. The van der Waals surface area contributed by atoms with Crippen LogP contribution in [0.4, 0.5) is 0 Å². The standard InChI is InChI=1S/C20H29N3OS/c1-15-6-5-7-16(14-15)19(24)21-18-10-12-23(13-11-18)20(25)22-17-8-3-2-4-9-17/h5-7,14,17-18H,2-4,8-13H2,1H3,(H,21,24)(H,22,25). The molecule has 2 N–H and O–H groups in total. The third-order valence-electron chi connectivity index (χ3n) is 5.33. The summed E-state index contributed by atoms with van der Waals surface area (Å²) in [4.78, 5) is 14.6. The number of hydrogen-bond acceptors (Lipinski definition) is 2. The van der Waals surface area contributed by atoms with Crippen LogP contribution in [0.3, 0.4) is 0 Å². The van der Waals surface area contributed by atoms with Crippen molar-refractivity contribution in [2.24, 2.45) is 0 Å². The van der Waals surface area contributed by atoms with Gasteiger partial charge in [-0.1, -0.05) is 37.0 Å². The SMILES string of the molecule is Cc1cccc(C(=O)NC2CCN(C(=S)NC3CCCCC3)CC2)c1. The van der Waals surface area contributed by atoms with Crippen molar-refractivity contribution in [2.75, 3.05) is 13.1 Å². The number of piperidine rings is 1. The molecule has 1 saturated heterocycles. The molecule has 3 rings (SSSR count). The fourth-order valence-electron chi connectivity index (χ4n) is 3.79. The number of likely N-dealkylation sites (tertiary alicyclic amines) is 1. The molecule has 1 amide bonds. The average Bonchev–Trinajstić information content (AvgIpc) is 2.63. The lowest BCUT2D eigenvalue weighted by molar-refractivity contribution is 0.0922. The minimum Gasteiger partial charge on any atom is -0.360 e. The molecule has 2 fully saturated rings. The number of hydrogen-bond donors (Lipinski definition) is 2. The highest BCUT2D eigenvalue weighted by molar-refractivity contribution is 7.80. The van der Waals surface area contributed by atoms with Crippen molar-refractivity contribution >= 4 is 23.2 Å². The summed E-state index contributed by atoms with van der Waals surface area (Å²) in [5.74, 6) is 0.0325. The summed E-state index contributed by atoms with van der Waals surface area (Å²) in [5, 5.41) is 7.62. The molecule has 1 aromatic rings. The predicted molar refractivity (Wildman–Crippen MR) is 106 cm³/mol. The van der Waals surface area contributed by atoms with Gasteiger partial charge in [-0.15, -0.1) is 0 Å². The van der Waals surface area contributed by atoms with Gasteiger partial charge in [0.05, 0.1) is 0 Å². The molecule has 1 heterocycles. The van der Waals surface area contributed by atoms with Crippen molar-refractivity contribution < 1.29 is 4.79 Å². The topological polar surface area (TPSA) is 44.4 Å². The maximum Gasteiger partial charge on any atom is 0.251 e. The van der Waals surface area contributed by atoms with Gasteiger partial charge in [0.2, 0.25) is 0 Å². The number of carbonyl (C=O) groups is 1. The van der Waals surface area contributed by atoms with Crippen LogP contribution in [-0.4, -0.2) is 41.1 Å². The molecule has 1 aliphatic carbocycles. The van der Waals surface area contributed by atoms with E-state index in [1.165, 1.54) is 32.1 Å². The van der Waals surface area contributed by atoms with E-state index in [2.05, 4.69) is 15.5 Å². The lowest BCUT2D eigenvalue weighted by atomic mass is 9.96.